The van der Waals surface area contributed by atoms with Gasteiger partial charge in [0.15, 0.2) is 0 Å². The molecule has 0 aliphatic heterocycles. The molecular formula is C13H15NO3S2. The van der Waals surface area contributed by atoms with Crippen LogP contribution in [-0.4, -0.2) is 20.6 Å². The molecule has 1 aromatic heterocycles. The van der Waals surface area contributed by atoms with Gasteiger partial charge in [-0.05, 0) is 30.0 Å². The van der Waals surface area contributed by atoms with E-state index in [-0.39, 0.29) is 11.5 Å². The topological polar surface area (TPSA) is 57.6 Å². The normalized spacial score (nSPS) is 11.5. The molecule has 0 aliphatic rings. The van der Waals surface area contributed by atoms with E-state index in [1.54, 1.807) is 17.5 Å². The molecule has 1 N–H and O–H groups in total. The van der Waals surface area contributed by atoms with Gasteiger partial charge in [0.2, 0.25) is 0 Å². The van der Waals surface area contributed by atoms with E-state index in [1.807, 2.05) is 19.1 Å². The summed E-state index contributed by atoms with van der Waals surface area (Å²) in [5, 5.41) is 10.9. The number of aliphatic hydroxyl groups is 1. The van der Waals surface area contributed by atoms with Crippen molar-refractivity contribution in [2.24, 2.45) is 0 Å². The van der Waals surface area contributed by atoms with Gasteiger partial charge in [-0.15, -0.1) is 11.3 Å². The molecule has 6 heteroatoms. The van der Waals surface area contributed by atoms with E-state index < -0.39 is 10.0 Å². The quantitative estimate of drug-likeness (QED) is 0.942. The summed E-state index contributed by atoms with van der Waals surface area (Å²) in [6.07, 6.45) is 0. The fourth-order valence-electron chi connectivity index (χ4n) is 1.87. The van der Waals surface area contributed by atoms with E-state index in [0.29, 0.717) is 10.6 Å². The molecule has 0 aliphatic carbocycles. The van der Waals surface area contributed by atoms with Gasteiger partial charge >= 0.3 is 0 Å². The Bertz CT molecular complexity index is 677. The van der Waals surface area contributed by atoms with Crippen LogP contribution in [0.2, 0.25) is 0 Å². The minimum atomic E-state index is -3.63. The van der Waals surface area contributed by atoms with Gasteiger partial charge in [-0.2, -0.15) is 0 Å². The van der Waals surface area contributed by atoms with Crippen molar-refractivity contribution in [1.29, 1.82) is 0 Å². The number of benzene rings is 1. The van der Waals surface area contributed by atoms with E-state index in [9.17, 15) is 13.5 Å². The van der Waals surface area contributed by atoms with E-state index in [2.05, 4.69) is 0 Å². The van der Waals surface area contributed by atoms with Crippen molar-refractivity contribution >= 4 is 27.0 Å². The van der Waals surface area contributed by atoms with Gasteiger partial charge in [0.1, 0.15) is 4.90 Å². The summed E-state index contributed by atoms with van der Waals surface area (Å²) in [5.74, 6) is 0. The average molecular weight is 297 g/mol. The van der Waals surface area contributed by atoms with Crippen molar-refractivity contribution in [2.75, 3.05) is 11.4 Å². The first-order chi connectivity index (χ1) is 8.98. The number of aliphatic hydroxyl groups excluding tert-OH is 1. The van der Waals surface area contributed by atoms with Crippen molar-refractivity contribution in [2.45, 2.75) is 18.4 Å². The Hall–Kier alpha value is -1.37. The number of anilines is 1. The largest absolute Gasteiger partial charge is 0.391 e. The van der Waals surface area contributed by atoms with Crippen LogP contribution in [0.1, 0.15) is 10.4 Å². The summed E-state index contributed by atoms with van der Waals surface area (Å²) in [6, 6.07) is 8.82. The smallest absolute Gasteiger partial charge is 0.265 e. The van der Waals surface area contributed by atoms with Crippen molar-refractivity contribution in [3.63, 3.8) is 0 Å². The maximum absolute atomic E-state index is 12.5. The Balaban J connectivity index is 2.49. The summed E-state index contributed by atoms with van der Waals surface area (Å²) in [5.41, 5.74) is 1.52. The van der Waals surface area contributed by atoms with Gasteiger partial charge in [-0.25, -0.2) is 8.42 Å². The minimum absolute atomic E-state index is 0.172. The lowest BCUT2D eigenvalue weighted by atomic mass is 10.2. The molecule has 0 unspecified atom stereocenters. The van der Waals surface area contributed by atoms with Crippen LogP contribution in [-0.2, 0) is 16.6 Å². The second-order valence-corrected chi connectivity index (χ2v) is 7.06. The number of aryl methyl sites for hydroxylation is 1. The maximum atomic E-state index is 12.5. The molecule has 0 amide bonds. The monoisotopic (exact) mass is 297 g/mol. The third-order valence-electron chi connectivity index (χ3n) is 2.94. The Morgan fingerprint density at radius 2 is 1.95 bits per heavy atom. The lowest BCUT2D eigenvalue weighted by Crippen LogP contribution is -2.27. The zero-order valence-corrected chi connectivity index (χ0v) is 12.3. The van der Waals surface area contributed by atoms with Gasteiger partial charge in [0, 0.05) is 7.05 Å². The van der Waals surface area contributed by atoms with E-state index in [0.717, 1.165) is 5.56 Å². The van der Waals surface area contributed by atoms with Crippen molar-refractivity contribution < 1.29 is 13.5 Å². The van der Waals surface area contributed by atoms with E-state index in [1.165, 1.54) is 28.8 Å². The number of rotatable bonds is 4. The molecule has 102 valence electrons. The second-order valence-electron chi connectivity index (χ2n) is 4.13. The van der Waals surface area contributed by atoms with Crippen LogP contribution in [0.4, 0.5) is 5.69 Å². The summed E-state index contributed by atoms with van der Waals surface area (Å²) in [7, 11) is -2.11. The van der Waals surface area contributed by atoms with Crippen LogP contribution in [0, 0.1) is 6.92 Å². The van der Waals surface area contributed by atoms with Crippen LogP contribution >= 0.6 is 11.3 Å². The summed E-state index contributed by atoms with van der Waals surface area (Å²) in [4.78, 5) is 0.631. The van der Waals surface area contributed by atoms with Crippen molar-refractivity contribution in [3.05, 3.63) is 46.2 Å². The van der Waals surface area contributed by atoms with Crippen LogP contribution in [0.25, 0.3) is 0 Å². The number of nitrogens with zero attached hydrogens (tertiary/aromatic N) is 1. The fraction of sp³-hybridized carbons (Fsp3) is 0.231. The number of thiophene rings is 1. The number of sulfonamides is 1. The number of para-hydroxylation sites is 1. The zero-order chi connectivity index (χ0) is 14.0. The van der Waals surface area contributed by atoms with Gasteiger partial charge < -0.3 is 5.11 Å². The fourth-order valence-corrected chi connectivity index (χ4v) is 4.39. The molecule has 0 atom stereocenters. The number of hydrogen-bond donors (Lipinski definition) is 1. The van der Waals surface area contributed by atoms with E-state index in [4.69, 9.17) is 0 Å². The highest BCUT2D eigenvalue weighted by molar-refractivity contribution is 7.93. The zero-order valence-electron chi connectivity index (χ0n) is 10.7. The van der Waals surface area contributed by atoms with Gasteiger partial charge in [-0.3, -0.25) is 4.31 Å². The first kappa shape index (κ1) is 14.0. The molecule has 0 spiro atoms. The highest BCUT2D eigenvalue weighted by atomic mass is 32.2. The second kappa shape index (κ2) is 5.32. The van der Waals surface area contributed by atoms with Crippen LogP contribution in [0.3, 0.4) is 0 Å². The van der Waals surface area contributed by atoms with Crippen molar-refractivity contribution in [1.82, 2.24) is 0 Å². The van der Waals surface area contributed by atoms with Gasteiger partial charge in [0.25, 0.3) is 10.0 Å². The SMILES string of the molecule is Cc1ccccc1N(C)S(=O)(=O)c1ccsc1CO. The third-order valence-corrected chi connectivity index (χ3v) is 5.83. The lowest BCUT2D eigenvalue weighted by molar-refractivity contribution is 0.282. The predicted molar refractivity (Wildman–Crippen MR) is 77.0 cm³/mol. The standard InChI is InChI=1S/C13H15NO3S2/c1-10-5-3-4-6-11(10)14(2)19(16,17)13-7-8-18-12(13)9-15/h3-8,15H,9H2,1-2H3. The van der Waals surface area contributed by atoms with Crippen LogP contribution in [0.5, 0.6) is 0 Å². The summed E-state index contributed by atoms with van der Waals surface area (Å²) in [6.45, 7) is 1.59. The Kier molecular flexibility index (Phi) is 3.93. The molecule has 2 aromatic rings. The molecule has 0 fully saturated rings. The predicted octanol–water partition coefficient (Wildman–Crippen LogP) is 2.37. The molecule has 4 nitrogen and oxygen atoms in total. The van der Waals surface area contributed by atoms with Crippen LogP contribution in [0.15, 0.2) is 40.6 Å². The Morgan fingerprint density at radius 1 is 1.26 bits per heavy atom. The average Bonchev–Trinajstić information content (AvgIpc) is 2.87. The minimum Gasteiger partial charge on any atom is -0.391 e. The van der Waals surface area contributed by atoms with Crippen molar-refractivity contribution in [3.8, 4) is 0 Å². The maximum Gasteiger partial charge on any atom is 0.265 e. The number of hydrogen-bond acceptors (Lipinski definition) is 4. The molecule has 2 rings (SSSR count). The summed E-state index contributed by atoms with van der Waals surface area (Å²) >= 11 is 1.24. The van der Waals surface area contributed by atoms with Gasteiger partial charge in [-0.1, -0.05) is 18.2 Å². The Labute approximate surface area is 117 Å². The van der Waals surface area contributed by atoms with Gasteiger partial charge in [0.05, 0.1) is 17.2 Å². The highest BCUT2D eigenvalue weighted by Crippen LogP contribution is 2.29. The lowest BCUT2D eigenvalue weighted by Gasteiger charge is -2.21. The molecule has 1 heterocycles. The Morgan fingerprint density at radius 3 is 2.58 bits per heavy atom. The molecule has 1 aromatic carbocycles. The molecule has 19 heavy (non-hydrogen) atoms. The molecule has 0 saturated heterocycles. The molecule has 0 saturated carbocycles. The molecular weight excluding hydrogens is 282 g/mol. The summed E-state index contributed by atoms with van der Waals surface area (Å²) < 4.78 is 26.3. The first-order valence-corrected chi connectivity index (χ1v) is 8.02. The first-order valence-electron chi connectivity index (χ1n) is 5.70. The van der Waals surface area contributed by atoms with E-state index >= 15 is 0 Å². The molecule has 0 bridgehead atoms. The molecule has 0 radical (unpaired) electrons. The van der Waals surface area contributed by atoms with Crippen LogP contribution < -0.4 is 4.31 Å². The highest BCUT2D eigenvalue weighted by Gasteiger charge is 2.25. The third kappa shape index (κ3) is 2.51.